The summed E-state index contributed by atoms with van der Waals surface area (Å²) < 4.78 is 33.4. The molecule has 0 spiro atoms. The van der Waals surface area contributed by atoms with Crippen LogP contribution in [-0.4, -0.2) is 216 Å². The molecule has 3 heterocycles. The fraction of sp³-hybridized carbons (Fsp3) is 0.929. The van der Waals surface area contributed by atoms with Gasteiger partial charge in [-0.25, -0.2) is 0 Å². The molecule has 0 radical (unpaired) electrons. The van der Waals surface area contributed by atoms with E-state index in [1.807, 2.05) is 0 Å². The number of hydrogen-bond donors (Lipinski definition) is 14. The third-order valence-corrected chi connectivity index (χ3v) is 8.61. The normalized spacial score (nSPS) is 41.9. The summed E-state index contributed by atoms with van der Waals surface area (Å²) >= 11 is 0. The first-order valence-electron chi connectivity index (χ1n) is 15.8. The first-order valence-corrected chi connectivity index (χ1v) is 15.8. The van der Waals surface area contributed by atoms with Crippen molar-refractivity contribution in [3.8, 4) is 0 Å². The lowest BCUT2D eigenvalue weighted by atomic mass is 9.95. The quantitative estimate of drug-likeness (QED) is 0.0742. The summed E-state index contributed by atoms with van der Waals surface area (Å²) in [5, 5.41) is 129. The summed E-state index contributed by atoms with van der Waals surface area (Å²) in [5.41, 5.74) is 0. The second-order valence-electron chi connectivity index (χ2n) is 12.4. The van der Waals surface area contributed by atoms with Crippen molar-refractivity contribution in [3.05, 3.63) is 0 Å². The molecule has 0 aromatic carbocycles. The molecule has 0 bridgehead atoms. The number of rotatable bonds is 15. The standard InChI is InChI=1S/C28H50N2O20/c1-8-16(37)20(41)22(43)27(46-8)50-25-15(30-10(3)35)26(47-14(6-33)19(25)40)45-7-12(36)17(38)24(11(4-31)29-9(2)34)49-28-23(44)21(42)18(39)13(5-32)48-28/h8,11-28,31-33,36-44H,4-7H2,1-3H3,(H,29,34)(H,30,35)/t8-,11+,12-,13-,14-,15-,16+,17+,18+,19-,20+,21+,22-,23-,24-,25-,26-,27-,28+/m1/s1. The Hall–Kier alpha value is -1.78. The zero-order valence-electron chi connectivity index (χ0n) is 27.4. The second-order valence-corrected chi connectivity index (χ2v) is 12.4. The third kappa shape index (κ3) is 10.00. The lowest BCUT2D eigenvalue weighted by Crippen LogP contribution is -2.68. The van der Waals surface area contributed by atoms with Gasteiger partial charge >= 0.3 is 0 Å². The SMILES string of the molecule is CC(=O)N[C@H]1[C@H](OC[C@@H](O)[C@H](O)[C@H](O[C@@H]2O[C@H](CO)[C@H](O)[C@H](O)[C@H]2O)[C@H](CO)NC(C)=O)O[C@H](CO)[C@@H](O)[C@@H]1O[C@H]1O[C@H](C)[C@H](O)[C@H](O)[C@H]1O. The zero-order chi connectivity index (χ0) is 37.6. The van der Waals surface area contributed by atoms with Crippen molar-refractivity contribution < 1.29 is 99.3 Å². The number of carbonyl (C=O) groups excluding carboxylic acids is 2. The summed E-state index contributed by atoms with van der Waals surface area (Å²) in [5.74, 6) is -1.43. The van der Waals surface area contributed by atoms with Gasteiger partial charge in [-0.2, -0.15) is 0 Å². The van der Waals surface area contributed by atoms with Crippen molar-refractivity contribution in [2.24, 2.45) is 0 Å². The number of aliphatic hydroxyl groups excluding tert-OH is 12. The predicted molar refractivity (Wildman–Crippen MR) is 158 cm³/mol. The molecule has 3 aliphatic heterocycles. The van der Waals surface area contributed by atoms with Gasteiger partial charge in [-0.05, 0) is 6.92 Å². The fourth-order valence-corrected chi connectivity index (χ4v) is 5.79. The molecule has 14 N–H and O–H groups in total. The molecule has 22 nitrogen and oxygen atoms in total. The first-order chi connectivity index (χ1) is 23.5. The van der Waals surface area contributed by atoms with E-state index >= 15 is 0 Å². The number of carbonyl (C=O) groups is 2. The summed E-state index contributed by atoms with van der Waals surface area (Å²) in [7, 11) is 0. The lowest BCUT2D eigenvalue weighted by Gasteiger charge is -2.47. The van der Waals surface area contributed by atoms with E-state index in [-0.39, 0.29) is 0 Å². The molecule has 0 saturated carbocycles. The van der Waals surface area contributed by atoms with E-state index in [0.29, 0.717) is 0 Å². The summed E-state index contributed by atoms with van der Waals surface area (Å²) in [6, 6.07) is -2.97. The Kier molecular flexibility index (Phi) is 16.0. The molecule has 22 heteroatoms. The van der Waals surface area contributed by atoms with Crippen LogP contribution in [-0.2, 0) is 38.0 Å². The maximum Gasteiger partial charge on any atom is 0.217 e. The van der Waals surface area contributed by atoms with Gasteiger partial charge < -0.3 is 100 Å². The predicted octanol–water partition coefficient (Wildman–Crippen LogP) is -8.80. The first kappa shape index (κ1) is 42.6. The minimum atomic E-state index is -2.11. The smallest absolute Gasteiger partial charge is 0.217 e. The molecule has 50 heavy (non-hydrogen) atoms. The van der Waals surface area contributed by atoms with Crippen LogP contribution in [0.4, 0.5) is 0 Å². The van der Waals surface area contributed by atoms with Crippen LogP contribution in [0.1, 0.15) is 20.8 Å². The molecule has 0 unspecified atom stereocenters. The molecular formula is C28H50N2O20. The van der Waals surface area contributed by atoms with E-state index in [9.17, 15) is 70.9 Å². The molecule has 292 valence electrons. The molecule has 0 aromatic heterocycles. The number of amides is 2. The van der Waals surface area contributed by atoms with E-state index in [0.717, 1.165) is 13.8 Å². The van der Waals surface area contributed by atoms with Gasteiger partial charge in [0.1, 0.15) is 85.4 Å². The maximum absolute atomic E-state index is 12.2. The summed E-state index contributed by atoms with van der Waals surface area (Å²) in [4.78, 5) is 24.1. The maximum atomic E-state index is 12.2. The van der Waals surface area contributed by atoms with Crippen LogP contribution in [0.5, 0.6) is 0 Å². The lowest BCUT2D eigenvalue weighted by molar-refractivity contribution is -0.343. The number of ether oxygens (including phenoxy) is 6. The van der Waals surface area contributed by atoms with Crippen molar-refractivity contribution in [2.45, 2.75) is 137 Å². The Morgan fingerprint density at radius 1 is 0.720 bits per heavy atom. The number of aliphatic hydroxyl groups is 12. The van der Waals surface area contributed by atoms with Gasteiger partial charge in [-0.1, -0.05) is 0 Å². The molecule has 3 saturated heterocycles. The Balaban J connectivity index is 1.84. The van der Waals surface area contributed by atoms with Crippen LogP contribution in [0.15, 0.2) is 0 Å². The van der Waals surface area contributed by atoms with Crippen LogP contribution in [0, 0.1) is 0 Å². The van der Waals surface area contributed by atoms with E-state index in [1.54, 1.807) is 0 Å². The molecule has 3 aliphatic rings. The molecule has 2 amide bonds. The topological polar surface area (TPSA) is 356 Å². The minimum absolute atomic E-state index is 0.709. The third-order valence-electron chi connectivity index (χ3n) is 8.61. The van der Waals surface area contributed by atoms with Gasteiger partial charge in [0.25, 0.3) is 0 Å². The molecule has 19 atom stereocenters. The van der Waals surface area contributed by atoms with Gasteiger partial charge in [0, 0.05) is 13.8 Å². The Morgan fingerprint density at radius 3 is 1.84 bits per heavy atom. The Bertz CT molecular complexity index is 1080. The van der Waals surface area contributed by atoms with E-state index in [4.69, 9.17) is 28.4 Å². The van der Waals surface area contributed by atoms with Crippen molar-refractivity contribution in [1.82, 2.24) is 10.6 Å². The van der Waals surface area contributed by atoms with Crippen molar-refractivity contribution >= 4 is 11.8 Å². The molecule has 3 rings (SSSR count). The van der Waals surface area contributed by atoms with Crippen LogP contribution < -0.4 is 10.6 Å². The highest BCUT2D eigenvalue weighted by Gasteiger charge is 2.52. The monoisotopic (exact) mass is 734 g/mol. The average molecular weight is 735 g/mol. The zero-order valence-corrected chi connectivity index (χ0v) is 27.4. The van der Waals surface area contributed by atoms with Gasteiger partial charge in [0.2, 0.25) is 11.8 Å². The second kappa shape index (κ2) is 18.8. The highest BCUT2D eigenvalue weighted by atomic mass is 16.7. The van der Waals surface area contributed by atoms with E-state index < -0.39 is 155 Å². The van der Waals surface area contributed by atoms with E-state index in [1.165, 1.54) is 6.92 Å². The van der Waals surface area contributed by atoms with Gasteiger partial charge in [-0.3, -0.25) is 9.59 Å². The average Bonchev–Trinajstić information content (AvgIpc) is 3.07. The highest BCUT2D eigenvalue weighted by molar-refractivity contribution is 5.73. The minimum Gasteiger partial charge on any atom is -0.394 e. The van der Waals surface area contributed by atoms with Crippen LogP contribution in [0.2, 0.25) is 0 Å². The van der Waals surface area contributed by atoms with Gasteiger partial charge in [-0.15, -0.1) is 0 Å². The Labute approximate surface area is 285 Å². The molecule has 0 aliphatic carbocycles. The van der Waals surface area contributed by atoms with Crippen molar-refractivity contribution in [1.29, 1.82) is 0 Å². The van der Waals surface area contributed by atoms with Crippen LogP contribution in [0.3, 0.4) is 0 Å². The molecule has 3 fully saturated rings. The number of hydrogen-bond acceptors (Lipinski definition) is 20. The molecule has 0 aromatic rings. The van der Waals surface area contributed by atoms with E-state index in [2.05, 4.69) is 10.6 Å². The van der Waals surface area contributed by atoms with Gasteiger partial charge in [0.15, 0.2) is 18.9 Å². The molecular weight excluding hydrogens is 684 g/mol. The highest BCUT2D eigenvalue weighted by Crippen LogP contribution is 2.30. The van der Waals surface area contributed by atoms with Crippen LogP contribution >= 0.6 is 0 Å². The van der Waals surface area contributed by atoms with Crippen molar-refractivity contribution in [2.75, 3.05) is 26.4 Å². The largest absolute Gasteiger partial charge is 0.394 e. The number of nitrogens with one attached hydrogen (secondary N) is 2. The van der Waals surface area contributed by atoms with Crippen LogP contribution in [0.25, 0.3) is 0 Å². The summed E-state index contributed by atoms with van der Waals surface area (Å²) in [6.07, 6.45) is -29.1. The van der Waals surface area contributed by atoms with Crippen molar-refractivity contribution in [3.63, 3.8) is 0 Å². The van der Waals surface area contributed by atoms with Gasteiger partial charge in [0.05, 0.1) is 38.6 Å². The Morgan fingerprint density at radius 2 is 1.28 bits per heavy atom. The summed E-state index contributed by atoms with van der Waals surface area (Å²) in [6.45, 7) is 0.0591. The fourth-order valence-electron chi connectivity index (χ4n) is 5.79.